The molecule has 7 nitrogen and oxygen atoms in total. The molecule has 0 spiro atoms. The Morgan fingerprint density at radius 2 is 1.68 bits per heavy atom. The summed E-state index contributed by atoms with van der Waals surface area (Å²) in [6.07, 6.45) is 0. The highest BCUT2D eigenvalue weighted by atomic mass is 32.2. The summed E-state index contributed by atoms with van der Waals surface area (Å²) in [5.41, 5.74) is 5.79. The van der Waals surface area contributed by atoms with Gasteiger partial charge in [-0.2, -0.15) is 0 Å². The van der Waals surface area contributed by atoms with Crippen LogP contribution in [-0.4, -0.2) is 51.8 Å². The van der Waals surface area contributed by atoms with E-state index in [1.807, 2.05) is 55.5 Å². The molecule has 0 saturated carbocycles. The lowest BCUT2D eigenvalue weighted by Crippen LogP contribution is -2.50. The number of hydrogen-bond acceptors (Lipinski definition) is 6. The van der Waals surface area contributed by atoms with E-state index in [9.17, 15) is 13.2 Å². The van der Waals surface area contributed by atoms with Gasteiger partial charge in [0.2, 0.25) is 0 Å². The lowest BCUT2D eigenvalue weighted by atomic mass is 9.87. The summed E-state index contributed by atoms with van der Waals surface area (Å²) < 4.78 is 56.0. The summed E-state index contributed by atoms with van der Waals surface area (Å²) >= 11 is 0. The fourth-order valence-electron chi connectivity index (χ4n) is 6.19. The fraction of sp³-hybridized carbons (Fsp3) is 0.229. The van der Waals surface area contributed by atoms with Gasteiger partial charge in [0.1, 0.15) is 5.82 Å². The third-order valence-corrected chi connectivity index (χ3v) is 10.4. The first-order valence-electron chi connectivity index (χ1n) is 14.5. The summed E-state index contributed by atoms with van der Waals surface area (Å²) in [5.74, 6) is -0.778. The van der Waals surface area contributed by atoms with Crippen LogP contribution in [0, 0.1) is 18.7 Å². The van der Waals surface area contributed by atoms with Crippen molar-refractivity contribution in [3.63, 3.8) is 0 Å². The molecule has 1 aromatic heterocycles. The first-order chi connectivity index (χ1) is 21.3. The molecular formula is C35H31FN2O5S. The van der Waals surface area contributed by atoms with Crippen molar-refractivity contribution in [2.45, 2.75) is 17.7 Å². The average molecular weight is 611 g/mol. The van der Waals surface area contributed by atoms with Crippen molar-refractivity contribution >= 4 is 32.6 Å². The Labute approximate surface area is 255 Å². The number of rotatable bonds is 7. The zero-order chi connectivity index (χ0) is 30.6. The van der Waals surface area contributed by atoms with Gasteiger partial charge in [0.25, 0.3) is 10.0 Å². The predicted octanol–water partition coefficient (Wildman–Crippen LogP) is 6.38. The summed E-state index contributed by atoms with van der Waals surface area (Å²) in [4.78, 5) is 14.3. The van der Waals surface area contributed by atoms with E-state index in [2.05, 4.69) is 4.90 Å². The molecule has 9 heteroatoms. The standard InChI is InChI=1S/C35H31FN2O5S/c1-22-10-13-28(14-11-22)44(40,41)38-32-15-12-26(36)17-31(32)33(30-9-4-3-8-29(30)25-20-43-21-25)34(38)23-6-5-7-27(16-23)37-18-24(19-37)35(39)42-2/h3-17,24-25H,18-21H2,1-2H3. The molecular weight excluding hydrogens is 579 g/mol. The van der Waals surface area contributed by atoms with Crippen LogP contribution in [0.15, 0.2) is 95.9 Å². The van der Waals surface area contributed by atoms with Crippen molar-refractivity contribution in [1.82, 2.24) is 3.97 Å². The Balaban J connectivity index is 1.51. The SMILES string of the molecule is COC(=O)C1CN(c2cccc(-c3c(-c4ccccc4C4COC4)c4cc(F)ccc4n3S(=O)(=O)c3ccc(C)cc3)c2)C1. The zero-order valence-electron chi connectivity index (χ0n) is 24.4. The number of aromatic nitrogens is 1. The highest BCUT2D eigenvalue weighted by Crippen LogP contribution is 2.46. The predicted molar refractivity (Wildman–Crippen MR) is 168 cm³/mol. The molecule has 0 unspecified atom stereocenters. The van der Waals surface area contributed by atoms with Crippen LogP contribution in [-0.2, 0) is 24.3 Å². The number of nitrogens with zero attached hydrogens (tertiary/aromatic N) is 2. The number of carbonyl (C=O) groups is 1. The Hall–Kier alpha value is -4.47. The zero-order valence-corrected chi connectivity index (χ0v) is 25.2. The van der Waals surface area contributed by atoms with Crippen LogP contribution >= 0.6 is 0 Å². The summed E-state index contributed by atoms with van der Waals surface area (Å²) in [7, 11) is -2.75. The average Bonchev–Trinajstić information content (AvgIpc) is 3.31. The van der Waals surface area contributed by atoms with Crippen LogP contribution in [0.3, 0.4) is 0 Å². The number of aryl methyl sites for hydroxylation is 1. The Kier molecular flexibility index (Phi) is 7.02. The van der Waals surface area contributed by atoms with Gasteiger partial charge in [-0.15, -0.1) is 0 Å². The second-order valence-electron chi connectivity index (χ2n) is 11.5. The van der Waals surface area contributed by atoms with E-state index in [-0.39, 0.29) is 22.7 Å². The van der Waals surface area contributed by atoms with E-state index >= 15 is 4.39 Å². The van der Waals surface area contributed by atoms with Gasteiger partial charge in [-0.3, -0.25) is 4.79 Å². The maximum absolute atomic E-state index is 15.0. The number of benzene rings is 4. The molecule has 2 aliphatic rings. The molecule has 0 radical (unpaired) electrons. The molecule has 44 heavy (non-hydrogen) atoms. The number of methoxy groups -OCH3 is 1. The molecule has 0 amide bonds. The van der Waals surface area contributed by atoms with E-state index in [1.165, 1.54) is 23.2 Å². The molecule has 2 aliphatic heterocycles. The number of carbonyl (C=O) groups excluding carboxylic acids is 1. The van der Waals surface area contributed by atoms with Gasteiger partial charge < -0.3 is 14.4 Å². The number of anilines is 1. The van der Waals surface area contributed by atoms with Gasteiger partial charge in [-0.25, -0.2) is 16.8 Å². The molecule has 2 fully saturated rings. The molecule has 0 bridgehead atoms. The molecule has 7 rings (SSSR count). The normalized spacial score (nSPS) is 15.7. The lowest BCUT2D eigenvalue weighted by molar-refractivity contribution is -0.146. The highest BCUT2D eigenvalue weighted by Gasteiger charge is 2.35. The second-order valence-corrected chi connectivity index (χ2v) is 13.3. The molecule has 0 aliphatic carbocycles. The fourth-order valence-corrected chi connectivity index (χ4v) is 7.73. The van der Waals surface area contributed by atoms with Crippen LogP contribution in [0.25, 0.3) is 33.3 Å². The van der Waals surface area contributed by atoms with Gasteiger partial charge in [0, 0.05) is 41.2 Å². The van der Waals surface area contributed by atoms with Gasteiger partial charge in [-0.1, -0.05) is 54.1 Å². The molecule has 224 valence electrons. The third-order valence-electron chi connectivity index (χ3n) is 8.65. The molecule has 2 saturated heterocycles. The van der Waals surface area contributed by atoms with E-state index in [0.29, 0.717) is 54.0 Å². The summed E-state index contributed by atoms with van der Waals surface area (Å²) in [6.45, 7) is 4.03. The van der Waals surface area contributed by atoms with Crippen LogP contribution in [0.4, 0.5) is 10.1 Å². The van der Waals surface area contributed by atoms with Crippen molar-refractivity contribution in [3.8, 4) is 22.4 Å². The van der Waals surface area contributed by atoms with Crippen LogP contribution in [0.2, 0.25) is 0 Å². The van der Waals surface area contributed by atoms with Crippen LogP contribution in [0.5, 0.6) is 0 Å². The van der Waals surface area contributed by atoms with E-state index in [4.69, 9.17) is 9.47 Å². The molecule has 0 atom stereocenters. The number of hydrogen-bond donors (Lipinski definition) is 0. The summed E-state index contributed by atoms with van der Waals surface area (Å²) in [6, 6.07) is 26.5. The first kappa shape index (κ1) is 28.3. The largest absolute Gasteiger partial charge is 0.469 e. The van der Waals surface area contributed by atoms with Crippen molar-refractivity contribution in [3.05, 3.63) is 108 Å². The van der Waals surface area contributed by atoms with Gasteiger partial charge in [0.05, 0.1) is 42.3 Å². The summed E-state index contributed by atoms with van der Waals surface area (Å²) in [5, 5.41) is 0.503. The van der Waals surface area contributed by atoms with Crippen molar-refractivity contribution in [2.24, 2.45) is 5.92 Å². The van der Waals surface area contributed by atoms with E-state index in [1.54, 1.807) is 30.3 Å². The molecule has 4 aromatic carbocycles. The third kappa shape index (κ3) is 4.67. The van der Waals surface area contributed by atoms with Gasteiger partial charge >= 0.3 is 5.97 Å². The second kappa shape index (κ2) is 10.9. The molecule has 0 N–H and O–H groups in total. The minimum absolute atomic E-state index is 0.137. The minimum Gasteiger partial charge on any atom is -0.469 e. The Bertz CT molecular complexity index is 2010. The molecule has 3 heterocycles. The van der Waals surface area contributed by atoms with E-state index < -0.39 is 15.8 Å². The Morgan fingerprint density at radius 1 is 0.932 bits per heavy atom. The highest BCUT2D eigenvalue weighted by molar-refractivity contribution is 7.90. The van der Waals surface area contributed by atoms with E-state index in [0.717, 1.165) is 22.4 Å². The smallest absolute Gasteiger partial charge is 0.312 e. The van der Waals surface area contributed by atoms with Gasteiger partial charge in [0.15, 0.2) is 0 Å². The first-order valence-corrected chi connectivity index (χ1v) is 16.0. The maximum atomic E-state index is 15.0. The van der Waals surface area contributed by atoms with Crippen LogP contribution in [0.1, 0.15) is 17.0 Å². The minimum atomic E-state index is -4.14. The maximum Gasteiger partial charge on any atom is 0.312 e. The monoisotopic (exact) mass is 610 g/mol. The molecule has 5 aromatic rings. The number of halogens is 1. The number of ether oxygens (including phenoxy) is 2. The quantitative estimate of drug-likeness (QED) is 0.199. The number of fused-ring (bicyclic) bond motifs is 1. The van der Waals surface area contributed by atoms with Crippen molar-refractivity contribution < 1.29 is 27.1 Å². The van der Waals surface area contributed by atoms with Crippen LogP contribution < -0.4 is 4.90 Å². The van der Waals surface area contributed by atoms with Crippen molar-refractivity contribution in [2.75, 3.05) is 38.3 Å². The van der Waals surface area contributed by atoms with Crippen molar-refractivity contribution in [1.29, 1.82) is 0 Å². The van der Waals surface area contributed by atoms with Gasteiger partial charge in [-0.05, 0) is 60.5 Å². The topological polar surface area (TPSA) is 77.8 Å². The Morgan fingerprint density at radius 3 is 2.39 bits per heavy atom. The number of esters is 1. The lowest BCUT2D eigenvalue weighted by Gasteiger charge is -2.39.